The average molecular weight is 236 g/mol. The third-order valence-electron chi connectivity index (χ3n) is 3.02. The smallest absolute Gasteiger partial charge is 0.277 e. The number of rotatable bonds is 5. The van der Waals surface area contributed by atoms with Crippen molar-refractivity contribution in [3.63, 3.8) is 0 Å². The largest absolute Gasteiger partial charge is 0.368 e. The normalized spacial score (nSPS) is 16.6. The van der Waals surface area contributed by atoms with Crippen molar-refractivity contribution in [2.75, 3.05) is 11.9 Å². The molecule has 1 fully saturated rings. The lowest BCUT2D eigenvalue weighted by molar-refractivity contribution is -0.385. The van der Waals surface area contributed by atoms with E-state index in [0.29, 0.717) is 23.8 Å². The molecule has 1 atom stereocenters. The first-order valence-corrected chi connectivity index (χ1v) is 5.68. The SMILES string of the molecule is Cc1cnc(NCC(N)C2CC2)cc1[N+](=O)[O-]. The van der Waals surface area contributed by atoms with Gasteiger partial charge in [0.1, 0.15) is 5.82 Å². The summed E-state index contributed by atoms with van der Waals surface area (Å²) < 4.78 is 0. The van der Waals surface area contributed by atoms with Crippen LogP contribution >= 0.6 is 0 Å². The molecule has 1 aliphatic carbocycles. The predicted molar refractivity (Wildman–Crippen MR) is 64.8 cm³/mol. The quantitative estimate of drug-likeness (QED) is 0.596. The van der Waals surface area contributed by atoms with Crippen LogP contribution in [0.3, 0.4) is 0 Å². The number of nitrogens with zero attached hydrogens (tertiary/aromatic N) is 2. The van der Waals surface area contributed by atoms with Gasteiger partial charge in [-0.1, -0.05) is 0 Å². The fraction of sp³-hybridized carbons (Fsp3) is 0.545. The molecule has 1 unspecified atom stereocenters. The van der Waals surface area contributed by atoms with Crippen molar-refractivity contribution in [3.8, 4) is 0 Å². The molecule has 17 heavy (non-hydrogen) atoms. The molecule has 1 aromatic heterocycles. The van der Waals surface area contributed by atoms with Crippen LogP contribution < -0.4 is 11.1 Å². The number of nitro groups is 1. The van der Waals surface area contributed by atoms with Crippen molar-refractivity contribution >= 4 is 11.5 Å². The Kier molecular flexibility index (Phi) is 3.23. The van der Waals surface area contributed by atoms with Crippen LogP contribution in [0.15, 0.2) is 12.3 Å². The maximum absolute atomic E-state index is 10.8. The highest BCUT2D eigenvalue weighted by molar-refractivity contribution is 5.48. The number of aromatic nitrogens is 1. The van der Waals surface area contributed by atoms with Gasteiger partial charge >= 0.3 is 0 Å². The van der Waals surface area contributed by atoms with E-state index in [9.17, 15) is 10.1 Å². The minimum Gasteiger partial charge on any atom is -0.368 e. The topological polar surface area (TPSA) is 94.1 Å². The fourth-order valence-corrected chi connectivity index (χ4v) is 1.72. The fourth-order valence-electron chi connectivity index (χ4n) is 1.72. The first-order valence-electron chi connectivity index (χ1n) is 5.68. The highest BCUT2D eigenvalue weighted by Gasteiger charge is 2.28. The Hall–Kier alpha value is -1.69. The highest BCUT2D eigenvalue weighted by atomic mass is 16.6. The lowest BCUT2D eigenvalue weighted by Crippen LogP contribution is -2.31. The standard InChI is InChI=1S/C11H16N4O2/c1-7-5-13-11(4-10(7)15(16)17)14-6-9(12)8-2-3-8/h4-5,8-9H,2-3,6,12H2,1H3,(H,13,14). The molecule has 0 bridgehead atoms. The molecule has 0 radical (unpaired) electrons. The molecular formula is C11H16N4O2. The zero-order chi connectivity index (χ0) is 12.4. The Labute approximate surface area is 99.4 Å². The second-order valence-corrected chi connectivity index (χ2v) is 4.50. The molecule has 1 saturated carbocycles. The van der Waals surface area contributed by atoms with Gasteiger partial charge in [0.2, 0.25) is 0 Å². The molecule has 3 N–H and O–H groups in total. The Balaban J connectivity index is 2.00. The van der Waals surface area contributed by atoms with Crippen molar-refractivity contribution in [1.82, 2.24) is 4.98 Å². The molecule has 6 nitrogen and oxygen atoms in total. The zero-order valence-corrected chi connectivity index (χ0v) is 9.72. The van der Waals surface area contributed by atoms with E-state index in [1.165, 1.54) is 25.1 Å². The Morgan fingerprint density at radius 3 is 3.00 bits per heavy atom. The van der Waals surface area contributed by atoms with E-state index in [1.54, 1.807) is 6.92 Å². The molecule has 0 spiro atoms. The predicted octanol–water partition coefficient (Wildman–Crippen LogP) is 1.45. The minimum absolute atomic E-state index is 0.0856. The minimum atomic E-state index is -0.400. The lowest BCUT2D eigenvalue weighted by Gasteiger charge is -2.12. The number of nitrogens with one attached hydrogen (secondary N) is 1. The van der Waals surface area contributed by atoms with Crippen LogP contribution in [0.4, 0.5) is 11.5 Å². The summed E-state index contributed by atoms with van der Waals surface area (Å²) in [6.07, 6.45) is 3.87. The van der Waals surface area contributed by atoms with Crippen LogP contribution in [-0.4, -0.2) is 22.5 Å². The summed E-state index contributed by atoms with van der Waals surface area (Å²) in [6.45, 7) is 2.28. The van der Waals surface area contributed by atoms with E-state index in [-0.39, 0.29) is 11.7 Å². The maximum Gasteiger partial charge on any atom is 0.277 e. The van der Waals surface area contributed by atoms with Crippen LogP contribution in [0.2, 0.25) is 0 Å². The summed E-state index contributed by atoms with van der Waals surface area (Å²) >= 11 is 0. The van der Waals surface area contributed by atoms with Gasteiger partial charge in [0.15, 0.2) is 0 Å². The molecule has 6 heteroatoms. The van der Waals surface area contributed by atoms with E-state index in [4.69, 9.17) is 5.73 Å². The number of hydrogen-bond donors (Lipinski definition) is 2. The van der Waals surface area contributed by atoms with Crippen LogP contribution in [0.1, 0.15) is 18.4 Å². The summed E-state index contributed by atoms with van der Waals surface area (Å²) in [7, 11) is 0. The van der Waals surface area contributed by atoms with Gasteiger partial charge in [-0.3, -0.25) is 10.1 Å². The highest BCUT2D eigenvalue weighted by Crippen LogP contribution is 2.31. The first-order chi connectivity index (χ1) is 8.08. The third-order valence-corrected chi connectivity index (χ3v) is 3.02. The van der Waals surface area contributed by atoms with E-state index >= 15 is 0 Å². The molecule has 1 aliphatic rings. The van der Waals surface area contributed by atoms with Gasteiger partial charge in [-0.2, -0.15) is 0 Å². The van der Waals surface area contributed by atoms with Crippen molar-refractivity contribution in [2.45, 2.75) is 25.8 Å². The summed E-state index contributed by atoms with van der Waals surface area (Å²) in [5.41, 5.74) is 6.58. The van der Waals surface area contributed by atoms with E-state index < -0.39 is 4.92 Å². The van der Waals surface area contributed by atoms with Gasteiger partial charge in [-0.25, -0.2) is 4.98 Å². The van der Waals surface area contributed by atoms with Crippen molar-refractivity contribution in [3.05, 3.63) is 27.9 Å². The zero-order valence-electron chi connectivity index (χ0n) is 9.72. The molecule has 0 aliphatic heterocycles. The van der Waals surface area contributed by atoms with E-state index in [0.717, 1.165) is 0 Å². The monoisotopic (exact) mass is 236 g/mol. The Morgan fingerprint density at radius 2 is 2.41 bits per heavy atom. The van der Waals surface area contributed by atoms with Crippen LogP contribution in [0.5, 0.6) is 0 Å². The number of anilines is 1. The third kappa shape index (κ3) is 2.91. The molecular weight excluding hydrogens is 220 g/mol. The van der Waals surface area contributed by atoms with Crippen molar-refractivity contribution in [2.24, 2.45) is 11.7 Å². The molecule has 92 valence electrons. The molecule has 1 aromatic rings. The van der Waals surface area contributed by atoms with Crippen LogP contribution in [0.25, 0.3) is 0 Å². The molecule has 1 heterocycles. The van der Waals surface area contributed by atoms with E-state index in [1.807, 2.05) is 0 Å². The van der Waals surface area contributed by atoms with Gasteiger partial charge in [0.25, 0.3) is 5.69 Å². The average Bonchev–Trinajstić information content (AvgIpc) is 3.11. The van der Waals surface area contributed by atoms with E-state index in [2.05, 4.69) is 10.3 Å². The van der Waals surface area contributed by atoms with Crippen molar-refractivity contribution < 1.29 is 4.92 Å². The second-order valence-electron chi connectivity index (χ2n) is 4.50. The van der Waals surface area contributed by atoms with Gasteiger partial charge in [-0.05, 0) is 25.7 Å². The van der Waals surface area contributed by atoms with Gasteiger partial charge in [0.05, 0.1) is 11.0 Å². The second kappa shape index (κ2) is 4.67. The van der Waals surface area contributed by atoms with Crippen LogP contribution in [-0.2, 0) is 0 Å². The molecule has 0 aromatic carbocycles. The Bertz CT molecular complexity index is 431. The molecule has 2 rings (SSSR count). The van der Waals surface area contributed by atoms with Crippen molar-refractivity contribution in [1.29, 1.82) is 0 Å². The maximum atomic E-state index is 10.8. The van der Waals surface area contributed by atoms with Crippen LogP contribution in [0, 0.1) is 23.0 Å². The summed E-state index contributed by atoms with van der Waals surface area (Å²) in [5, 5.41) is 13.8. The number of aryl methyl sites for hydroxylation is 1. The van der Waals surface area contributed by atoms with Gasteiger partial charge in [0, 0.05) is 24.3 Å². The molecule has 0 amide bonds. The van der Waals surface area contributed by atoms with Gasteiger partial charge in [-0.15, -0.1) is 0 Å². The summed E-state index contributed by atoms with van der Waals surface area (Å²) in [5.74, 6) is 1.11. The summed E-state index contributed by atoms with van der Waals surface area (Å²) in [6, 6.07) is 1.56. The first kappa shape index (κ1) is 11.8. The Morgan fingerprint density at radius 1 is 1.71 bits per heavy atom. The summed E-state index contributed by atoms with van der Waals surface area (Å²) in [4.78, 5) is 14.5. The molecule has 0 saturated heterocycles. The van der Waals surface area contributed by atoms with Gasteiger partial charge < -0.3 is 11.1 Å². The lowest BCUT2D eigenvalue weighted by atomic mass is 10.2. The number of pyridine rings is 1. The number of nitrogens with two attached hydrogens (primary N) is 1. The number of hydrogen-bond acceptors (Lipinski definition) is 5.